The quantitative estimate of drug-likeness (QED) is 0.609. The zero-order valence-electron chi connectivity index (χ0n) is 15.2. The van der Waals surface area contributed by atoms with Gasteiger partial charge in [-0.25, -0.2) is 0 Å². The van der Waals surface area contributed by atoms with E-state index >= 15 is 0 Å². The van der Waals surface area contributed by atoms with Crippen molar-refractivity contribution in [3.05, 3.63) is 44.8 Å². The number of hydrogen-bond donors (Lipinski definition) is 2. The largest absolute Gasteiger partial charge is 0.356 e. The van der Waals surface area contributed by atoms with Crippen molar-refractivity contribution in [1.29, 1.82) is 0 Å². The molecule has 4 nitrogen and oxygen atoms in total. The molecule has 3 atom stereocenters. The first-order valence-corrected chi connectivity index (χ1v) is 10.7. The van der Waals surface area contributed by atoms with Gasteiger partial charge in [-0.15, -0.1) is 22.7 Å². The van der Waals surface area contributed by atoms with Crippen LogP contribution in [0, 0.1) is 5.92 Å². The molecule has 2 N–H and O–H groups in total. The lowest BCUT2D eigenvalue weighted by Crippen LogP contribution is -2.45. The third kappa shape index (κ3) is 4.63. The van der Waals surface area contributed by atoms with Gasteiger partial charge in [-0.2, -0.15) is 0 Å². The summed E-state index contributed by atoms with van der Waals surface area (Å²) in [6.07, 6.45) is 2.53. The summed E-state index contributed by atoms with van der Waals surface area (Å²) in [5, 5.41) is 11.4. The molecular weight excluding hydrogens is 348 g/mol. The van der Waals surface area contributed by atoms with Crippen LogP contribution in [0.25, 0.3) is 0 Å². The molecule has 0 aromatic carbocycles. The van der Waals surface area contributed by atoms with Gasteiger partial charge in [0.05, 0.1) is 6.04 Å². The fourth-order valence-electron chi connectivity index (χ4n) is 3.62. The third-order valence-corrected chi connectivity index (χ3v) is 6.92. The van der Waals surface area contributed by atoms with Gasteiger partial charge in [0, 0.05) is 29.4 Å². The van der Waals surface area contributed by atoms with Crippen LogP contribution in [0.4, 0.5) is 0 Å². The summed E-state index contributed by atoms with van der Waals surface area (Å²) >= 11 is 3.65. The van der Waals surface area contributed by atoms with E-state index in [4.69, 9.17) is 0 Å². The van der Waals surface area contributed by atoms with Crippen molar-refractivity contribution in [2.75, 3.05) is 27.2 Å². The van der Waals surface area contributed by atoms with Crippen LogP contribution in [0.1, 0.15) is 41.6 Å². The Morgan fingerprint density at radius 3 is 2.80 bits per heavy atom. The van der Waals surface area contributed by atoms with Gasteiger partial charge in [-0.1, -0.05) is 12.1 Å². The lowest BCUT2D eigenvalue weighted by Gasteiger charge is -2.39. The van der Waals surface area contributed by atoms with E-state index in [1.165, 1.54) is 29.1 Å². The van der Waals surface area contributed by atoms with E-state index in [1.54, 1.807) is 11.3 Å². The van der Waals surface area contributed by atoms with Crippen molar-refractivity contribution >= 4 is 28.6 Å². The Morgan fingerprint density at radius 1 is 1.32 bits per heavy atom. The predicted molar refractivity (Wildman–Crippen MR) is 110 cm³/mol. The van der Waals surface area contributed by atoms with Crippen LogP contribution < -0.4 is 10.6 Å². The summed E-state index contributed by atoms with van der Waals surface area (Å²) in [5.41, 5.74) is 0. The Bertz CT molecular complexity index is 651. The van der Waals surface area contributed by atoms with E-state index in [-0.39, 0.29) is 6.04 Å². The monoisotopic (exact) mass is 376 g/mol. The van der Waals surface area contributed by atoms with Crippen LogP contribution in [-0.2, 0) is 0 Å². The molecule has 2 aromatic heterocycles. The number of hydrogen-bond acceptors (Lipinski definition) is 4. The van der Waals surface area contributed by atoms with Crippen molar-refractivity contribution in [2.24, 2.45) is 10.9 Å². The van der Waals surface area contributed by atoms with Gasteiger partial charge in [0.15, 0.2) is 5.96 Å². The molecule has 0 aliphatic carbocycles. The maximum atomic E-state index is 4.42. The zero-order chi connectivity index (χ0) is 17.6. The molecule has 3 heterocycles. The average Bonchev–Trinajstić information content (AvgIpc) is 3.31. The highest BCUT2D eigenvalue weighted by atomic mass is 32.1. The molecule has 1 saturated heterocycles. The second kappa shape index (κ2) is 8.83. The van der Waals surface area contributed by atoms with Crippen LogP contribution in [0.5, 0.6) is 0 Å². The van der Waals surface area contributed by atoms with Gasteiger partial charge >= 0.3 is 0 Å². The molecular formula is C19H28N4S2. The van der Waals surface area contributed by atoms with Gasteiger partial charge < -0.3 is 10.6 Å². The predicted octanol–water partition coefficient (Wildman–Crippen LogP) is 4.12. The first-order valence-electron chi connectivity index (χ1n) is 8.93. The molecule has 1 aliphatic heterocycles. The smallest absolute Gasteiger partial charge is 0.191 e. The van der Waals surface area contributed by atoms with Crippen LogP contribution in [0.3, 0.4) is 0 Å². The average molecular weight is 377 g/mol. The Kier molecular flexibility index (Phi) is 6.51. The molecule has 6 heteroatoms. The van der Waals surface area contributed by atoms with Crippen molar-refractivity contribution < 1.29 is 0 Å². The summed E-state index contributed by atoms with van der Waals surface area (Å²) in [6.45, 7) is 4.31. The van der Waals surface area contributed by atoms with Gasteiger partial charge in [0.1, 0.15) is 0 Å². The van der Waals surface area contributed by atoms with Crippen molar-refractivity contribution in [3.8, 4) is 0 Å². The Hall–Kier alpha value is -1.37. The van der Waals surface area contributed by atoms with Crippen LogP contribution >= 0.6 is 22.7 Å². The second-order valence-electron chi connectivity index (χ2n) is 6.68. The lowest BCUT2D eigenvalue weighted by molar-refractivity contribution is 0.125. The van der Waals surface area contributed by atoms with E-state index in [1.807, 2.05) is 18.4 Å². The number of guanidine groups is 1. The van der Waals surface area contributed by atoms with Gasteiger partial charge in [0.25, 0.3) is 0 Å². The fraction of sp³-hybridized carbons (Fsp3) is 0.526. The van der Waals surface area contributed by atoms with E-state index in [0.717, 1.165) is 12.5 Å². The fourth-order valence-corrected chi connectivity index (χ4v) is 5.34. The minimum atomic E-state index is 0.272. The lowest BCUT2D eigenvalue weighted by atomic mass is 9.88. The number of rotatable bonds is 5. The Labute approximate surface area is 159 Å². The SMILES string of the molecule is CN=C(NCC1CCCN(C)C1c1cccs1)NC(C)c1cccs1. The topological polar surface area (TPSA) is 39.7 Å². The summed E-state index contributed by atoms with van der Waals surface area (Å²) in [5.74, 6) is 1.49. The summed E-state index contributed by atoms with van der Waals surface area (Å²) in [4.78, 5) is 9.73. The molecule has 0 radical (unpaired) electrons. The number of nitrogens with zero attached hydrogens (tertiary/aromatic N) is 2. The number of aliphatic imine (C=N–C) groups is 1. The molecule has 1 aliphatic rings. The highest BCUT2D eigenvalue weighted by molar-refractivity contribution is 7.10. The van der Waals surface area contributed by atoms with Crippen molar-refractivity contribution in [2.45, 2.75) is 31.8 Å². The Balaban J connectivity index is 1.60. The molecule has 25 heavy (non-hydrogen) atoms. The first kappa shape index (κ1) is 18.4. The minimum absolute atomic E-state index is 0.272. The van der Waals surface area contributed by atoms with E-state index in [2.05, 4.69) is 69.5 Å². The highest BCUT2D eigenvalue weighted by Crippen LogP contribution is 2.36. The summed E-state index contributed by atoms with van der Waals surface area (Å²) in [6, 6.07) is 9.48. The highest BCUT2D eigenvalue weighted by Gasteiger charge is 2.31. The standard InChI is InChI=1S/C19H28N4S2/c1-14(16-8-5-11-24-16)22-19(20-2)21-13-15-7-4-10-23(3)18(15)17-9-6-12-25-17/h5-6,8-9,11-12,14-15,18H,4,7,10,13H2,1-3H3,(H2,20,21,22). The van der Waals surface area contributed by atoms with Crippen LogP contribution in [0.15, 0.2) is 40.0 Å². The molecule has 3 rings (SSSR count). The molecule has 0 bridgehead atoms. The van der Waals surface area contributed by atoms with E-state index < -0.39 is 0 Å². The van der Waals surface area contributed by atoms with Crippen molar-refractivity contribution in [3.63, 3.8) is 0 Å². The first-order chi connectivity index (χ1) is 12.2. The van der Waals surface area contributed by atoms with Gasteiger partial charge in [-0.05, 0) is 62.2 Å². The molecule has 1 fully saturated rings. The van der Waals surface area contributed by atoms with E-state index in [0.29, 0.717) is 12.0 Å². The third-order valence-electron chi connectivity index (χ3n) is 4.92. The van der Waals surface area contributed by atoms with Crippen molar-refractivity contribution in [1.82, 2.24) is 15.5 Å². The molecule has 2 aromatic rings. The number of nitrogens with one attached hydrogen (secondary N) is 2. The second-order valence-corrected chi connectivity index (χ2v) is 8.64. The molecule has 3 unspecified atom stereocenters. The molecule has 136 valence electrons. The number of piperidine rings is 1. The molecule has 0 amide bonds. The van der Waals surface area contributed by atoms with Gasteiger partial charge in [-0.3, -0.25) is 9.89 Å². The van der Waals surface area contributed by atoms with Crippen LogP contribution in [-0.4, -0.2) is 38.0 Å². The summed E-state index contributed by atoms with van der Waals surface area (Å²) in [7, 11) is 4.10. The normalized spacial score (nSPS) is 23.4. The maximum absolute atomic E-state index is 4.42. The number of likely N-dealkylation sites (tertiary alicyclic amines) is 1. The Morgan fingerprint density at radius 2 is 2.12 bits per heavy atom. The summed E-state index contributed by atoms with van der Waals surface area (Å²) < 4.78 is 0. The molecule has 0 spiro atoms. The number of thiophene rings is 2. The van der Waals surface area contributed by atoms with Gasteiger partial charge in [0.2, 0.25) is 0 Å². The maximum Gasteiger partial charge on any atom is 0.191 e. The van der Waals surface area contributed by atoms with Crippen LogP contribution in [0.2, 0.25) is 0 Å². The minimum Gasteiger partial charge on any atom is -0.356 e. The molecule has 0 saturated carbocycles. The van der Waals surface area contributed by atoms with E-state index in [9.17, 15) is 0 Å². The zero-order valence-corrected chi connectivity index (χ0v) is 16.9.